The molecule has 1 aliphatic rings. The maximum Gasteiger partial charge on any atom is 0.410 e. The molecule has 0 atom stereocenters. The molecule has 0 aromatic carbocycles. The van der Waals surface area contributed by atoms with Crippen LogP contribution in [0.1, 0.15) is 33.4 Å². The number of carbonyl (C=O) groups excluding carboxylic acids is 1. The van der Waals surface area contributed by atoms with Gasteiger partial charge in [0.25, 0.3) is 0 Å². The van der Waals surface area contributed by atoms with E-state index in [0.29, 0.717) is 54.1 Å². The number of rotatable bonds is 7. The molecule has 0 aliphatic carbocycles. The normalized spacial score (nSPS) is 14.4. The van der Waals surface area contributed by atoms with Gasteiger partial charge in [0.1, 0.15) is 23.2 Å². The van der Waals surface area contributed by atoms with Crippen LogP contribution in [0.5, 0.6) is 11.5 Å². The number of methoxy groups -OCH3 is 1. The van der Waals surface area contributed by atoms with Gasteiger partial charge in [-0.2, -0.15) is 10.4 Å². The van der Waals surface area contributed by atoms with Gasteiger partial charge in [-0.05, 0) is 20.8 Å². The van der Waals surface area contributed by atoms with E-state index >= 15 is 0 Å². The zero-order valence-corrected chi connectivity index (χ0v) is 20.8. The van der Waals surface area contributed by atoms with E-state index in [9.17, 15) is 4.79 Å². The number of pyridine rings is 1. The Morgan fingerprint density at radius 3 is 2.58 bits per heavy atom. The standard InChI is InChI=1S/C24H28N8O4/c1-23(2,3)36-22(33)32-12-24(4,13-32)14-35-18-10-26-9-17(34-5)21(18)16-6-19(31-30-16)29-20-11-27-15(7-25)8-28-20/h6,8-11H,12-14H2,1-5H3,(H2,28,29,30,31). The SMILES string of the molecule is COc1cncc(OCC2(C)CN(C(=O)OC(C)(C)C)C2)c1-c1cc(Nc2cnc(C#N)cn2)n[nH]1. The Morgan fingerprint density at radius 1 is 1.19 bits per heavy atom. The lowest BCUT2D eigenvalue weighted by molar-refractivity contribution is -0.0428. The number of carbonyl (C=O) groups is 1. The lowest BCUT2D eigenvalue weighted by Gasteiger charge is -2.47. The van der Waals surface area contributed by atoms with Crippen LogP contribution in [0.25, 0.3) is 11.3 Å². The third-order valence-corrected chi connectivity index (χ3v) is 5.34. The summed E-state index contributed by atoms with van der Waals surface area (Å²) in [4.78, 5) is 26.3. The van der Waals surface area contributed by atoms with Crippen LogP contribution in [0.4, 0.5) is 16.4 Å². The number of aromatic nitrogens is 5. The van der Waals surface area contributed by atoms with Crippen LogP contribution < -0.4 is 14.8 Å². The molecular formula is C24H28N8O4. The Labute approximate surface area is 208 Å². The highest BCUT2D eigenvalue weighted by atomic mass is 16.6. The summed E-state index contributed by atoms with van der Waals surface area (Å²) in [7, 11) is 1.55. The lowest BCUT2D eigenvalue weighted by Crippen LogP contribution is -2.60. The van der Waals surface area contributed by atoms with Crippen molar-refractivity contribution in [1.82, 2.24) is 30.0 Å². The molecule has 4 rings (SSSR count). The molecule has 12 nitrogen and oxygen atoms in total. The van der Waals surface area contributed by atoms with Crippen molar-refractivity contribution in [2.24, 2.45) is 5.41 Å². The van der Waals surface area contributed by atoms with Crippen molar-refractivity contribution >= 4 is 17.7 Å². The molecule has 2 N–H and O–H groups in total. The molecule has 0 spiro atoms. The van der Waals surface area contributed by atoms with Gasteiger partial charge in [-0.25, -0.2) is 14.8 Å². The van der Waals surface area contributed by atoms with Crippen molar-refractivity contribution in [2.45, 2.75) is 33.3 Å². The zero-order chi connectivity index (χ0) is 25.9. The second-order valence-corrected chi connectivity index (χ2v) is 9.84. The fourth-order valence-electron chi connectivity index (χ4n) is 3.72. The third-order valence-electron chi connectivity index (χ3n) is 5.34. The Morgan fingerprint density at radius 2 is 1.94 bits per heavy atom. The highest BCUT2D eigenvalue weighted by Crippen LogP contribution is 2.39. The van der Waals surface area contributed by atoms with E-state index < -0.39 is 5.60 Å². The van der Waals surface area contributed by atoms with Crippen LogP contribution in [-0.2, 0) is 4.74 Å². The number of nitrogens with one attached hydrogen (secondary N) is 2. The number of likely N-dealkylation sites (tertiary alicyclic amines) is 1. The first-order valence-corrected chi connectivity index (χ1v) is 11.3. The first-order valence-electron chi connectivity index (χ1n) is 11.3. The number of nitriles is 1. The Hall–Kier alpha value is -4.40. The fourth-order valence-corrected chi connectivity index (χ4v) is 3.72. The van der Waals surface area contributed by atoms with Gasteiger partial charge in [-0.15, -0.1) is 0 Å². The number of aromatic amines is 1. The number of amides is 1. The second kappa shape index (κ2) is 9.69. The van der Waals surface area contributed by atoms with Crippen molar-refractivity contribution < 1.29 is 19.0 Å². The summed E-state index contributed by atoms with van der Waals surface area (Å²) in [6.45, 7) is 9.01. The average molecular weight is 493 g/mol. The average Bonchev–Trinajstić information content (AvgIpc) is 3.28. The Balaban J connectivity index is 1.46. The molecule has 1 saturated heterocycles. The molecule has 188 valence electrons. The molecule has 0 radical (unpaired) electrons. The van der Waals surface area contributed by atoms with Crippen LogP contribution in [0.15, 0.2) is 30.9 Å². The molecule has 36 heavy (non-hydrogen) atoms. The molecule has 12 heteroatoms. The molecule has 3 aromatic heterocycles. The van der Waals surface area contributed by atoms with E-state index in [4.69, 9.17) is 19.5 Å². The van der Waals surface area contributed by atoms with Crippen LogP contribution in [0, 0.1) is 16.7 Å². The highest BCUT2D eigenvalue weighted by molar-refractivity contribution is 5.75. The second-order valence-electron chi connectivity index (χ2n) is 9.84. The Kier molecular flexibility index (Phi) is 6.65. The van der Waals surface area contributed by atoms with E-state index in [-0.39, 0.29) is 17.2 Å². The molecule has 0 saturated carbocycles. The molecule has 1 fully saturated rings. The fraction of sp³-hybridized carbons (Fsp3) is 0.417. The summed E-state index contributed by atoms with van der Waals surface area (Å²) < 4.78 is 17.1. The van der Waals surface area contributed by atoms with Crippen molar-refractivity contribution in [1.29, 1.82) is 5.26 Å². The largest absolute Gasteiger partial charge is 0.494 e. The minimum absolute atomic E-state index is 0.223. The quantitative estimate of drug-likeness (QED) is 0.501. The number of nitrogens with zero attached hydrogens (tertiary/aromatic N) is 6. The van der Waals surface area contributed by atoms with Gasteiger partial charge < -0.3 is 24.4 Å². The highest BCUT2D eigenvalue weighted by Gasteiger charge is 2.43. The van der Waals surface area contributed by atoms with Gasteiger partial charge in [-0.1, -0.05) is 6.92 Å². The third kappa shape index (κ3) is 5.63. The summed E-state index contributed by atoms with van der Waals surface area (Å²) in [5.74, 6) is 1.96. The maximum absolute atomic E-state index is 12.3. The summed E-state index contributed by atoms with van der Waals surface area (Å²) in [6, 6.07) is 3.71. The van der Waals surface area contributed by atoms with Crippen LogP contribution >= 0.6 is 0 Å². The first-order chi connectivity index (χ1) is 17.1. The molecular weight excluding hydrogens is 464 g/mol. The smallest absolute Gasteiger partial charge is 0.410 e. The Bertz CT molecular complexity index is 1270. The number of anilines is 2. The van der Waals surface area contributed by atoms with E-state index in [0.717, 1.165) is 0 Å². The molecule has 4 heterocycles. The van der Waals surface area contributed by atoms with Gasteiger partial charge in [0, 0.05) is 24.6 Å². The predicted molar refractivity (Wildman–Crippen MR) is 130 cm³/mol. The van der Waals surface area contributed by atoms with Gasteiger partial charge in [0.15, 0.2) is 17.3 Å². The van der Waals surface area contributed by atoms with E-state index in [1.54, 1.807) is 30.5 Å². The van der Waals surface area contributed by atoms with E-state index in [1.807, 2.05) is 26.8 Å². The van der Waals surface area contributed by atoms with Crippen molar-refractivity contribution in [3.8, 4) is 28.8 Å². The predicted octanol–water partition coefficient (Wildman–Crippen LogP) is 3.52. The molecule has 1 aliphatic heterocycles. The van der Waals surface area contributed by atoms with Crippen LogP contribution in [-0.4, -0.2) is 68.5 Å². The van der Waals surface area contributed by atoms with Gasteiger partial charge in [0.2, 0.25) is 0 Å². The number of H-pyrrole nitrogens is 1. The van der Waals surface area contributed by atoms with Crippen molar-refractivity contribution in [2.75, 3.05) is 32.1 Å². The van der Waals surface area contributed by atoms with E-state index in [2.05, 4.69) is 37.4 Å². The lowest BCUT2D eigenvalue weighted by atomic mass is 9.83. The number of hydrogen-bond acceptors (Lipinski definition) is 10. The van der Waals surface area contributed by atoms with Crippen molar-refractivity contribution in [3.63, 3.8) is 0 Å². The number of ether oxygens (including phenoxy) is 3. The minimum Gasteiger partial charge on any atom is -0.494 e. The molecule has 1 amide bonds. The molecule has 0 bridgehead atoms. The summed E-state index contributed by atoms with van der Waals surface area (Å²) in [5.41, 5.74) is 0.756. The minimum atomic E-state index is -0.537. The zero-order valence-electron chi connectivity index (χ0n) is 20.8. The maximum atomic E-state index is 12.3. The first kappa shape index (κ1) is 24.7. The monoisotopic (exact) mass is 492 g/mol. The molecule has 3 aromatic rings. The van der Waals surface area contributed by atoms with Crippen LogP contribution in [0.3, 0.4) is 0 Å². The topological polar surface area (TPSA) is 151 Å². The van der Waals surface area contributed by atoms with Crippen LogP contribution in [0.2, 0.25) is 0 Å². The van der Waals surface area contributed by atoms with Gasteiger partial charge in [-0.3, -0.25) is 10.1 Å². The van der Waals surface area contributed by atoms with E-state index in [1.165, 1.54) is 12.4 Å². The summed E-state index contributed by atoms with van der Waals surface area (Å²) in [6.07, 6.45) is 5.71. The number of hydrogen-bond donors (Lipinski definition) is 2. The summed E-state index contributed by atoms with van der Waals surface area (Å²) >= 11 is 0. The van der Waals surface area contributed by atoms with Crippen molar-refractivity contribution in [3.05, 3.63) is 36.5 Å². The molecule has 0 unspecified atom stereocenters. The van der Waals surface area contributed by atoms with Gasteiger partial charge in [0.05, 0.1) is 49.8 Å². The van der Waals surface area contributed by atoms with Gasteiger partial charge >= 0.3 is 6.09 Å². The summed E-state index contributed by atoms with van der Waals surface area (Å²) in [5, 5.41) is 19.2.